The number of anilines is 3. The van der Waals surface area contributed by atoms with E-state index in [2.05, 4.69) is 22.9 Å². The van der Waals surface area contributed by atoms with Crippen molar-refractivity contribution >= 4 is 29.1 Å². The summed E-state index contributed by atoms with van der Waals surface area (Å²) in [7, 11) is 0. The molecule has 4 rings (SSSR count). The molecular formula is C31H31FN4O3. The van der Waals surface area contributed by atoms with E-state index in [9.17, 15) is 14.0 Å². The van der Waals surface area contributed by atoms with Gasteiger partial charge in [-0.2, -0.15) is 0 Å². The maximum Gasteiger partial charge on any atom is 0.326 e. The number of nitrogens with one attached hydrogen (secondary N) is 3. The summed E-state index contributed by atoms with van der Waals surface area (Å²) in [6, 6.07) is 29.3. The van der Waals surface area contributed by atoms with E-state index in [0.29, 0.717) is 35.8 Å². The molecule has 39 heavy (non-hydrogen) atoms. The molecule has 0 fully saturated rings. The lowest BCUT2D eigenvalue weighted by molar-refractivity contribution is 0.252. The number of carbonyl (C=O) groups excluding carboxylic acids is 2. The molecule has 4 amide bonds. The number of hydrogen-bond acceptors (Lipinski definition) is 3. The van der Waals surface area contributed by atoms with Gasteiger partial charge < -0.3 is 20.7 Å². The van der Waals surface area contributed by atoms with Gasteiger partial charge in [0.15, 0.2) is 0 Å². The highest BCUT2D eigenvalue weighted by atomic mass is 19.1. The molecule has 0 aliphatic carbocycles. The third kappa shape index (κ3) is 8.07. The van der Waals surface area contributed by atoms with Crippen LogP contribution in [0.1, 0.15) is 18.9 Å². The molecule has 0 saturated heterocycles. The molecule has 0 aromatic heterocycles. The van der Waals surface area contributed by atoms with Crippen LogP contribution in [0.4, 0.5) is 31.0 Å². The van der Waals surface area contributed by atoms with Crippen LogP contribution in [0.5, 0.6) is 11.5 Å². The van der Waals surface area contributed by atoms with E-state index in [0.717, 1.165) is 6.42 Å². The summed E-state index contributed by atoms with van der Waals surface area (Å²) in [4.78, 5) is 27.0. The molecule has 0 aliphatic rings. The minimum Gasteiger partial charge on any atom is -0.457 e. The second-order valence-electron chi connectivity index (χ2n) is 8.76. The quantitative estimate of drug-likeness (QED) is 0.188. The van der Waals surface area contributed by atoms with Crippen molar-refractivity contribution in [3.63, 3.8) is 0 Å². The number of ether oxygens (including phenoxy) is 1. The molecule has 0 bridgehead atoms. The standard InChI is InChI=1S/C31H31FN4O3/c1-2-23-13-15-24(16-14-23)34-30(37)33-21-8-22-36(31(38)35-29-12-7-6-11-28(29)32)25-17-19-27(20-18-25)39-26-9-4-3-5-10-26/h3-7,9-20H,2,8,21-22H2,1H3,(H,35,38)(H2,33,34,37). The smallest absolute Gasteiger partial charge is 0.326 e. The monoisotopic (exact) mass is 526 g/mol. The number of hydrogen-bond donors (Lipinski definition) is 3. The number of benzene rings is 4. The van der Waals surface area contributed by atoms with Gasteiger partial charge >= 0.3 is 12.1 Å². The van der Waals surface area contributed by atoms with Crippen molar-refractivity contribution in [3.8, 4) is 11.5 Å². The minimum absolute atomic E-state index is 0.0862. The topological polar surface area (TPSA) is 82.7 Å². The second kappa shape index (κ2) is 13.6. The Balaban J connectivity index is 1.38. The molecule has 200 valence electrons. The van der Waals surface area contributed by atoms with Gasteiger partial charge in [0.05, 0.1) is 5.69 Å². The largest absolute Gasteiger partial charge is 0.457 e. The first-order valence-electron chi connectivity index (χ1n) is 12.8. The van der Waals surface area contributed by atoms with Crippen LogP contribution in [0, 0.1) is 5.82 Å². The van der Waals surface area contributed by atoms with E-state index >= 15 is 0 Å². The summed E-state index contributed by atoms with van der Waals surface area (Å²) in [5.74, 6) is 0.789. The van der Waals surface area contributed by atoms with E-state index in [-0.39, 0.29) is 18.3 Å². The molecule has 0 atom stereocenters. The number of amides is 4. The summed E-state index contributed by atoms with van der Waals surface area (Å²) in [6.07, 6.45) is 1.39. The van der Waals surface area contributed by atoms with Crippen LogP contribution in [0.25, 0.3) is 0 Å². The van der Waals surface area contributed by atoms with Crippen LogP contribution in [-0.4, -0.2) is 25.2 Å². The molecule has 4 aromatic carbocycles. The Labute approximate surface area is 227 Å². The Hall–Kier alpha value is -4.85. The third-order valence-corrected chi connectivity index (χ3v) is 5.95. The van der Waals surface area contributed by atoms with Gasteiger partial charge in [0.1, 0.15) is 17.3 Å². The third-order valence-electron chi connectivity index (χ3n) is 5.95. The van der Waals surface area contributed by atoms with Gasteiger partial charge in [-0.25, -0.2) is 14.0 Å². The maximum atomic E-state index is 14.2. The number of urea groups is 2. The first-order valence-corrected chi connectivity index (χ1v) is 12.8. The molecule has 8 heteroatoms. The van der Waals surface area contributed by atoms with Crippen molar-refractivity contribution in [1.82, 2.24) is 5.32 Å². The number of halogens is 1. The van der Waals surface area contributed by atoms with E-state index in [1.165, 1.54) is 22.6 Å². The van der Waals surface area contributed by atoms with Crippen LogP contribution in [0.15, 0.2) is 103 Å². The summed E-state index contributed by atoms with van der Waals surface area (Å²) in [5, 5.41) is 8.25. The second-order valence-corrected chi connectivity index (χ2v) is 8.76. The molecule has 0 heterocycles. The number of aryl methyl sites for hydroxylation is 1. The Kier molecular flexibility index (Phi) is 9.50. The minimum atomic E-state index is -0.525. The molecule has 0 unspecified atom stereocenters. The average Bonchev–Trinajstić information content (AvgIpc) is 2.96. The average molecular weight is 527 g/mol. The van der Waals surface area contributed by atoms with Crippen LogP contribution in [0.2, 0.25) is 0 Å². The summed E-state index contributed by atoms with van der Waals surface area (Å²) in [6.45, 7) is 2.68. The lowest BCUT2D eigenvalue weighted by Gasteiger charge is -2.24. The number of para-hydroxylation sites is 2. The van der Waals surface area contributed by atoms with E-state index in [1.54, 1.807) is 36.4 Å². The van der Waals surface area contributed by atoms with Gasteiger partial charge in [-0.3, -0.25) is 4.90 Å². The van der Waals surface area contributed by atoms with Gasteiger partial charge in [0.2, 0.25) is 0 Å². The Morgan fingerprint density at radius 2 is 1.46 bits per heavy atom. The van der Waals surface area contributed by atoms with E-state index in [4.69, 9.17) is 4.74 Å². The van der Waals surface area contributed by atoms with Gasteiger partial charge in [-0.15, -0.1) is 0 Å². The molecule has 3 N–H and O–H groups in total. The van der Waals surface area contributed by atoms with Crippen molar-refractivity contribution in [2.45, 2.75) is 19.8 Å². The van der Waals surface area contributed by atoms with Crippen molar-refractivity contribution in [2.75, 3.05) is 28.6 Å². The van der Waals surface area contributed by atoms with E-state index in [1.807, 2.05) is 54.6 Å². The summed E-state index contributed by atoms with van der Waals surface area (Å²) in [5.41, 5.74) is 2.58. The molecule has 7 nitrogen and oxygen atoms in total. The van der Waals surface area contributed by atoms with Gasteiger partial charge in [0.25, 0.3) is 0 Å². The van der Waals surface area contributed by atoms with Crippen molar-refractivity contribution in [2.24, 2.45) is 0 Å². The molecule has 0 saturated carbocycles. The van der Waals surface area contributed by atoms with Crippen molar-refractivity contribution < 1.29 is 18.7 Å². The highest BCUT2D eigenvalue weighted by molar-refractivity contribution is 6.01. The predicted molar refractivity (Wildman–Crippen MR) is 153 cm³/mol. The fourth-order valence-electron chi connectivity index (χ4n) is 3.85. The Morgan fingerprint density at radius 1 is 0.795 bits per heavy atom. The fourth-order valence-corrected chi connectivity index (χ4v) is 3.85. The lowest BCUT2D eigenvalue weighted by Crippen LogP contribution is -2.38. The molecule has 0 radical (unpaired) electrons. The number of carbonyl (C=O) groups is 2. The first-order chi connectivity index (χ1) is 19.0. The van der Waals surface area contributed by atoms with Crippen LogP contribution in [0.3, 0.4) is 0 Å². The number of nitrogens with zero attached hydrogens (tertiary/aromatic N) is 1. The summed E-state index contributed by atoms with van der Waals surface area (Å²) >= 11 is 0. The SMILES string of the molecule is CCc1ccc(NC(=O)NCCCN(C(=O)Nc2ccccc2F)c2ccc(Oc3ccccc3)cc2)cc1. The van der Waals surface area contributed by atoms with Crippen LogP contribution < -0.4 is 25.6 Å². The normalized spacial score (nSPS) is 10.4. The zero-order valence-electron chi connectivity index (χ0n) is 21.7. The molecule has 0 spiro atoms. The Bertz CT molecular complexity index is 1360. The van der Waals surface area contributed by atoms with Crippen LogP contribution in [-0.2, 0) is 6.42 Å². The number of rotatable bonds is 10. The van der Waals surface area contributed by atoms with Crippen LogP contribution >= 0.6 is 0 Å². The Morgan fingerprint density at radius 3 is 2.15 bits per heavy atom. The van der Waals surface area contributed by atoms with Gasteiger partial charge in [-0.1, -0.05) is 49.4 Å². The highest BCUT2D eigenvalue weighted by Crippen LogP contribution is 2.25. The molecule has 0 aliphatic heterocycles. The van der Waals surface area contributed by atoms with Gasteiger partial charge in [0, 0.05) is 24.5 Å². The van der Waals surface area contributed by atoms with Crippen molar-refractivity contribution in [1.29, 1.82) is 0 Å². The van der Waals surface area contributed by atoms with Crippen molar-refractivity contribution in [3.05, 3.63) is 115 Å². The predicted octanol–water partition coefficient (Wildman–Crippen LogP) is 7.43. The zero-order valence-corrected chi connectivity index (χ0v) is 21.7. The van der Waals surface area contributed by atoms with E-state index < -0.39 is 11.8 Å². The lowest BCUT2D eigenvalue weighted by atomic mass is 10.1. The highest BCUT2D eigenvalue weighted by Gasteiger charge is 2.17. The fraction of sp³-hybridized carbons (Fsp3) is 0.161. The maximum absolute atomic E-state index is 14.2. The molecule has 4 aromatic rings. The molecular weight excluding hydrogens is 495 g/mol. The van der Waals surface area contributed by atoms with Gasteiger partial charge in [-0.05, 0) is 79.1 Å². The first kappa shape index (κ1) is 27.2. The zero-order chi connectivity index (χ0) is 27.5. The summed E-state index contributed by atoms with van der Waals surface area (Å²) < 4.78 is 20.0.